The number of hydrogen-bond donors (Lipinski definition) is 1. The number of carbonyl (C=O) groups excluding carboxylic acids is 3. The summed E-state index contributed by atoms with van der Waals surface area (Å²) in [5.74, 6) is -5.81. The van der Waals surface area contributed by atoms with Crippen molar-refractivity contribution in [3.8, 4) is 6.07 Å². The normalized spacial score (nSPS) is 18.8. The van der Waals surface area contributed by atoms with Crippen LogP contribution in [0.15, 0.2) is 66.9 Å². The van der Waals surface area contributed by atoms with E-state index in [4.69, 9.17) is 11.6 Å². The first-order valence-corrected chi connectivity index (χ1v) is 13.2. The number of nitriles is 1. The summed E-state index contributed by atoms with van der Waals surface area (Å²) in [5, 5.41) is 12.0. The van der Waals surface area contributed by atoms with Gasteiger partial charge in [-0.25, -0.2) is 18.2 Å². The van der Waals surface area contributed by atoms with Gasteiger partial charge in [-0.05, 0) is 36.8 Å². The zero-order valence-electron chi connectivity index (χ0n) is 21.4. The number of pyridine rings is 1. The number of nitrogens with one attached hydrogen (secondary N) is 1. The quantitative estimate of drug-likeness (QED) is 0.426. The molecule has 3 aromatic rings. The van der Waals surface area contributed by atoms with Gasteiger partial charge >= 0.3 is 0 Å². The Morgan fingerprint density at radius 2 is 1.85 bits per heavy atom. The van der Waals surface area contributed by atoms with Gasteiger partial charge in [-0.1, -0.05) is 41.9 Å². The number of para-hydroxylation sites is 1. The maximum absolute atomic E-state index is 15.4. The average Bonchev–Trinajstić information content (AvgIpc) is 3.32. The fourth-order valence-electron chi connectivity index (χ4n) is 5.16. The molecule has 41 heavy (non-hydrogen) atoms. The number of halogens is 4. The molecule has 210 valence electrons. The van der Waals surface area contributed by atoms with Gasteiger partial charge in [0.1, 0.15) is 23.7 Å². The second kappa shape index (κ2) is 11.2. The molecular weight excluding hydrogens is 559 g/mol. The summed E-state index contributed by atoms with van der Waals surface area (Å²) in [7, 11) is 0. The smallest absolute Gasteiger partial charge is 0.252 e. The van der Waals surface area contributed by atoms with Crippen molar-refractivity contribution < 1.29 is 27.6 Å². The third-order valence-corrected chi connectivity index (χ3v) is 7.45. The topological polar surface area (TPSA) is 106 Å². The van der Waals surface area contributed by atoms with Gasteiger partial charge in [0, 0.05) is 42.1 Å². The van der Waals surface area contributed by atoms with Crippen molar-refractivity contribution in [1.29, 1.82) is 5.26 Å². The fourth-order valence-corrected chi connectivity index (χ4v) is 5.39. The average molecular weight is 582 g/mol. The van der Waals surface area contributed by atoms with Crippen molar-refractivity contribution in [2.45, 2.75) is 49.7 Å². The van der Waals surface area contributed by atoms with Crippen molar-refractivity contribution in [2.75, 3.05) is 9.80 Å². The minimum Gasteiger partial charge on any atom is -0.351 e. The van der Waals surface area contributed by atoms with Gasteiger partial charge in [-0.3, -0.25) is 24.2 Å². The van der Waals surface area contributed by atoms with Gasteiger partial charge in [0.25, 0.3) is 11.8 Å². The molecule has 8 nitrogen and oxygen atoms in total. The largest absolute Gasteiger partial charge is 0.351 e. The molecule has 1 aliphatic carbocycles. The maximum Gasteiger partial charge on any atom is 0.252 e. The van der Waals surface area contributed by atoms with E-state index in [1.807, 2.05) is 6.07 Å². The number of amides is 3. The van der Waals surface area contributed by atoms with Crippen LogP contribution in [0.4, 0.5) is 24.7 Å². The summed E-state index contributed by atoms with van der Waals surface area (Å²) in [6, 6.07) is 12.6. The van der Waals surface area contributed by atoms with E-state index in [0.29, 0.717) is 0 Å². The Hall–Kier alpha value is -4.43. The first-order valence-electron chi connectivity index (χ1n) is 12.8. The van der Waals surface area contributed by atoms with Crippen LogP contribution in [0.25, 0.3) is 0 Å². The summed E-state index contributed by atoms with van der Waals surface area (Å²) in [5.41, 5.74) is 0.0712. The number of carbonyl (C=O) groups is 3. The molecule has 0 spiro atoms. The number of anilines is 2. The van der Waals surface area contributed by atoms with E-state index in [1.165, 1.54) is 48.7 Å². The van der Waals surface area contributed by atoms with E-state index in [2.05, 4.69) is 10.3 Å². The van der Waals surface area contributed by atoms with E-state index in [0.717, 1.165) is 15.9 Å². The molecule has 2 atom stereocenters. The molecule has 1 aromatic heterocycles. The molecule has 1 saturated heterocycles. The van der Waals surface area contributed by atoms with Crippen LogP contribution in [0.5, 0.6) is 0 Å². The third-order valence-electron chi connectivity index (χ3n) is 7.11. The minimum absolute atomic E-state index is 0.0206. The number of rotatable bonds is 7. The van der Waals surface area contributed by atoms with Crippen molar-refractivity contribution in [3.05, 3.63) is 88.8 Å². The lowest BCUT2D eigenvalue weighted by molar-refractivity contribution is -0.133. The van der Waals surface area contributed by atoms with Crippen molar-refractivity contribution >= 4 is 40.8 Å². The van der Waals surface area contributed by atoms with Gasteiger partial charge in [0.2, 0.25) is 11.8 Å². The van der Waals surface area contributed by atoms with Crippen LogP contribution in [0.2, 0.25) is 5.02 Å². The van der Waals surface area contributed by atoms with Crippen molar-refractivity contribution in [3.63, 3.8) is 0 Å². The third kappa shape index (κ3) is 5.60. The number of benzene rings is 2. The van der Waals surface area contributed by atoms with Crippen LogP contribution < -0.4 is 15.1 Å². The van der Waals surface area contributed by atoms with Crippen LogP contribution in [0.1, 0.15) is 42.9 Å². The minimum atomic E-state index is -2.92. The molecule has 3 amide bonds. The SMILES string of the molecule is N#Cc1ccnc(N2C(=O)CCC2C(=O)N(c2ccccc2F)[C@H](C(=O)NC2CC(F)(F)C2)c2ccccc2Cl)c1. The molecule has 0 bridgehead atoms. The van der Waals surface area contributed by atoms with Gasteiger partial charge in [-0.2, -0.15) is 5.26 Å². The van der Waals surface area contributed by atoms with E-state index in [1.54, 1.807) is 12.1 Å². The fraction of sp³-hybridized carbons (Fsp3) is 0.276. The van der Waals surface area contributed by atoms with Crippen LogP contribution in [0.3, 0.4) is 0 Å². The zero-order chi connectivity index (χ0) is 29.3. The molecule has 1 aliphatic heterocycles. The van der Waals surface area contributed by atoms with Gasteiger partial charge in [-0.15, -0.1) is 0 Å². The second-order valence-electron chi connectivity index (χ2n) is 9.89. The zero-order valence-corrected chi connectivity index (χ0v) is 22.2. The highest BCUT2D eigenvalue weighted by Crippen LogP contribution is 2.40. The number of hydrogen-bond acceptors (Lipinski definition) is 5. The Morgan fingerprint density at radius 1 is 1.15 bits per heavy atom. The summed E-state index contributed by atoms with van der Waals surface area (Å²) in [4.78, 5) is 47.4. The molecule has 5 rings (SSSR count). The molecule has 2 aliphatic rings. The van der Waals surface area contributed by atoms with Gasteiger partial charge < -0.3 is 5.32 Å². The summed E-state index contributed by atoms with van der Waals surface area (Å²) >= 11 is 6.47. The Balaban J connectivity index is 1.61. The molecule has 1 saturated carbocycles. The monoisotopic (exact) mass is 581 g/mol. The van der Waals surface area contributed by atoms with E-state index in [-0.39, 0.29) is 40.5 Å². The maximum atomic E-state index is 15.4. The molecule has 12 heteroatoms. The van der Waals surface area contributed by atoms with Crippen molar-refractivity contribution in [2.24, 2.45) is 0 Å². The molecule has 1 N–H and O–H groups in total. The molecule has 2 aromatic carbocycles. The van der Waals surface area contributed by atoms with Crippen LogP contribution in [-0.4, -0.2) is 40.7 Å². The first kappa shape index (κ1) is 28.1. The molecule has 2 fully saturated rings. The highest BCUT2D eigenvalue weighted by Gasteiger charge is 2.49. The molecule has 2 heterocycles. The highest BCUT2D eigenvalue weighted by molar-refractivity contribution is 6.31. The standard InChI is InChI=1S/C29H23ClF3N5O3/c30-20-6-2-1-5-19(20)26(27(40)36-18-14-29(32,33)15-18)38(22-8-4-3-7-21(22)31)28(41)23-9-10-25(39)37(23)24-13-17(16-34)11-12-35-24/h1-8,11-13,18,23,26H,9-10,14-15H2,(H,36,40)/t23?,26-/m0/s1. The second-order valence-corrected chi connectivity index (χ2v) is 10.3. The van der Waals surface area contributed by atoms with E-state index >= 15 is 4.39 Å². The number of aromatic nitrogens is 1. The lowest BCUT2D eigenvalue weighted by Gasteiger charge is -2.39. The summed E-state index contributed by atoms with van der Waals surface area (Å²) in [6.07, 6.45) is 0.151. The van der Waals surface area contributed by atoms with Crippen LogP contribution >= 0.6 is 11.6 Å². The highest BCUT2D eigenvalue weighted by atomic mass is 35.5. The molecular formula is C29H23ClF3N5O3. The van der Waals surface area contributed by atoms with Crippen LogP contribution in [-0.2, 0) is 14.4 Å². The lowest BCUT2D eigenvalue weighted by Crippen LogP contribution is -2.56. The predicted octanol–water partition coefficient (Wildman–Crippen LogP) is 4.93. The Morgan fingerprint density at radius 3 is 2.54 bits per heavy atom. The lowest BCUT2D eigenvalue weighted by atomic mass is 9.87. The van der Waals surface area contributed by atoms with E-state index in [9.17, 15) is 28.4 Å². The Labute approximate surface area is 238 Å². The molecule has 1 unspecified atom stereocenters. The Bertz CT molecular complexity index is 1550. The van der Waals surface area contributed by atoms with Crippen molar-refractivity contribution in [1.82, 2.24) is 10.3 Å². The summed E-state index contributed by atoms with van der Waals surface area (Å²) in [6.45, 7) is 0. The van der Waals surface area contributed by atoms with E-state index < -0.39 is 60.4 Å². The van der Waals surface area contributed by atoms with Crippen LogP contribution in [0, 0.1) is 17.1 Å². The number of nitrogens with zero attached hydrogens (tertiary/aromatic N) is 4. The van der Waals surface area contributed by atoms with Gasteiger partial charge in [0.15, 0.2) is 0 Å². The Kier molecular flexibility index (Phi) is 7.69. The predicted molar refractivity (Wildman–Crippen MR) is 144 cm³/mol. The van der Waals surface area contributed by atoms with Gasteiger partial charge in [0.05, 0.1) is 17.3 Å². The first-order chi connectivity index (χ1) is 19.6. The molecule has 0 radical (unpaired) electrons. The summed E-state index contributed by atoms with van der Waals surface area (Å²) < 4.78 is 42.5. The number of alkyl halides is 2.